The molecule has 0 unspecified atom stereocenters. The second kappa shape index (κ2) is 6.29. The average Bonchev–Trinajstić information content (AvgIpc) is 2.35. The van der Waals surface area contributed by atoms with Crippen LogP contribution < -0.4 is 5.73 Å². The summed E-state index contributed by atoms with van der Waals surface area (Å²) >= 11 is 0. The number of hydrogen-bond donors (Lipinski definition) is 1. The van der Waals surface area contributed by atoms with Gasteiger partial charge in [0.05, 0.1) is 11.0 Å². The molecule has 0 aliphatic carbocycles. The van der Waals surface area contributed by atoms with Crippen molar-refractivity contribution in [1.29, 1.82) is 0 Å². The molecular weight excluding hydrogens is 246 g/mol. The van der Waals surface area contributed by atoms with Crippen molar-refractivity contribution in [2.75, 3.05) is 0 Å². The highest BCUT2D eigenvalue weighted by atomic mass is 16.6. The van der Waals surface area contributed by atoms with Gasteiger partial charge in [-0.25, -0.2) is 0 Å². The fourth-order valence-corrected chi connectivity index (χ4v) is 1.74. The van der Waals surface area contributed by atoms with Gasteiger partial charge in [0.25, 0.3) is 5.69 Å². The molecule has 19 heavy (non-hydrogen) atoms. The second-order valence-electron chi connectivity index (χ2n) is 4.78. The first-order valence-electron chi connectivity index (χ1n) is 6.12. The lowest BCUT2D eigenvalue weighted by Gasteiger charge is -2.28. The number of hydrogen-bond acceptors (Lipinski definition) is 4. The maximum atomic E-state index is 12.0. The van der Waals surface area contributed by atoms with Crippen molar-refractivity contribution in [1.82, 2.24) is 4.90 Å². The molecule has 1 amide bonds. The molecule has 1 atom stereocenters. The molecular formula is C13H19N3O3. The number of benzene rings is 1. The Bertz CT molecular complexity index is 472. The van der Waals surface area contributed by atoms with Crippen molar-refractivity contribution in [3.05, 3.63) is 39.9 Å². The molecule has 0 radical (unpaired) electrons. The Hall–Kier alpha value is -1.95. The molecule has 0 spiro atoms. The second-order valence-corrected chi connectivity index (χ2v) is 4.78. The van der Waals surface area contributed by atoms with Gasteiger partial charge in [-0.1, -0.05) is 12.1 Å². The number of nitro groups is 1. The van der Waals surface area contributed by atoms with Gasteiger partial charge in [-0.3, -0.25) is 14.9 Å². The van der Waals surface area contributed by atoms with Gasteiger partial charge in [0.1, 0.15) is 0 Å². The summed E-state index contributed by atoms with van der Waals surface area (Å²) in [5, 5.41) is 10.7. The largest absolute Gasteiger partial charge is 0.335 e. The van der Waals surface area contributed by atoms with Crippen molar-refractivity contribution >= 4 is 11.6 Å². The summed E-state index contributed by atoms with van der Waals surface area (Å²) in [6, 6.07) is 5.68. The third-order valence-corrected chi connectivity index (χ3v) is 2.77. The predicted molar refractivity (Wildman–Crippen MR) is 72.4 cm³/mol. The van der Waals surface area contributed by atoms with Crippen LogP contribution in [0.1, 0.15) is 26.3 Å². The van der Waals surface area contributed by atoms with Crippen LogP contribution in [0, 0.1) is 10.1 Å². The maximum Gasteiger partial charge on any atom is 0.269 e. The molecule has 0 bridgehead atoms. The minimum atomic E-state index is -0.582. The highest BCUT2D eigenvalue weighted by molar-refractivity contribution is 5.81. The highest BCUT2D eigenvalue weighted by Crippen LogP contribution is 2.16. The van der Waals surface area contributed by atoms with Gasteiger partial charge in [0, 0.05) is 24.7 Å². The molecule has 6 nitrogen and oxygen atoms in total. The third kappa shape index (κ3) is 4.03. The van der Waals surface area contributed by atoms with Crippen LogP contribution in [0.3, 0.4) is 0 Å². The lowest BCUT2D eigenvalue weighted by atomic mass is 10.1. The van der Waals surface area contributed by atoms with E-state index in [0.29, 0.717) is 6.54 Å². The normalized spacial score (nSPS) is 12.3. The van der Waals surface area contributed by atoms with Crippen LogP contribution in [0.15, 0.2) is 24.3 Å². The van der Waals surface area contributed by atoms with Gasteiger partial charge in [0.15, 0.2) is 0 Å². The van der Waals surface area contributed by atoms with E-state index in [2.05, 4.69) is 0 Å². The van der Waals surface area contributed by atoms with E-state index in [1.165, 1.54) is 12.1 Å². The minimum absolute atomic E-state index is 0.0160. The van der Waals surface area contributed by atoms with Crippen LogP contribution in [0.4, 0.5) is 5.69 Å². The quantitative estimate of drug-likeness (QED) is 0.648. The van der Waals surface area contributed by atoms with Gasteiger partial charge < -0.3 is 10.6 Å². The molecule has 0 aliphatic heterocycles. The summed E-state index contributed by atoms with van der Waals surface area (Å²) in [5.74, 6) is -0.165. The van der Waals surface area contributed by atoms with Crippen molar-refractivity contribution in [3.8, 4) is 0 Å². The number of nitrogens with zero attached hydrogens (tertiary/aromatic N) is 2. The number of rotatable bonds is 5. The van der Waals surface area contributed by atoms with Crippen molar-refractivity contribution in [2.45, 2.75) is 39.4 Å². The summed E-state index contributed by atoms with van der Waals surface area (Å²) < 4.78 is 0. The van der Waals surface area contributed by atoms with E-state index in [1.807, 2.05) is 13.8 Å². The molecule has 6 heteroatoms. The fourth-order valence-electron chi connectivity index (χ4n) is 1.74. The number of amides is 1. The van der Waals surface area contributed by atoms with Crippen LogP contribution in [0.2, 0.25) is 0 Å². The van der Waals surface area contributed by atoms with Gasteiger partial charge in [-0.05, 0) is 26.3 Å². The van der Waals surface area contributed by atoms with Crippen LogP contribution in [0.25, 0.3) is 0 Å². The Kier molecular flexibility index (Phi) is 5.00. The van der Waals surface area contributed by atoms with E-state index >= 15 is 0 Å². The predicted octanol–water partition coefficient (Wildman–Crippen LogP) is 1.68. The smallest absolute Gasteiger partial charge is 0.269 e. The standard InChI is InChI=1S/C13H19N3O3/c1-9(2)15(13(17)10(3)14)8-11-5-4-6-12(7-11)16(18)19/h4-7,9-10H,8,14H2,1-3H3/t10-/m0/s1. The summed E-state index contributed by atoms with van der Waals surface area (Å²) in [4.78, 5) is 23.9. The Morgan fingerprint density at radius 1 is 1.42 bits per heavy atom. The summed E-state index contributed by atoms with van der Waals surface area (Å²) in [6.45, 7) is 5.72. The van der Waals surface area contributed by atoms with Gasteiger partial charge in [0.2, 0.25) is 5.91 Å². The molecule has 2 N–H and O–H groups in total. The first-order valence-corrected chi connectivity index (χ1v) is 6.12. The molecule has 1 aromatic rings. The molecule has 0 heterocycles. The molecule has 104 valence electrons. The van der Waals surface area contributed by atoms with E-state index in [0.717, 1.165) is 5.56 Å². The van der Waals surface area contributed by atoms with E-state index in [-0.39, 0.29) is 17.6 Å². The highest BCUT2D eigenvalue weighted by Gasteiger charge is 2.21. The SMILES string of the molecule is CC(C)N(Cc1cccc([N+](=O)[O-])c1)C(=O)[C@H](C)N. The van der Waals surface area contributed by atoms with E-state index < -0.39 is 11.0 Å². The number of carbonyl (C=O) groups is 1. The summed E-state index contributed by atoms with van der Waals surface area (Å²) in [7, 11) is 0. The van der Waals surface area contributed by atoms with Gasteiger partial charge in [-0.15, -0.1) is 0 Å². The maximum absolute atomic E-state index is 12.0. The Balaban J connectivity index is 2.94. The Morgan fingerprint density at radius 3 is 2.53 bits per heavy atom. The van der Waals surface area contributed by atoms with E-state index in [1.54, 1.807) is 24.0 Å². The number of carbonyl (C=O) groups excluding carboxylic acids is 1. The van der Waals surface area contributed by atoms with E-state index in [9.17, 15) is 14.9 Å². The number of nitro benzene ring substituents is 1. The van der Waals surface area contributed by atoms with Crippen molar-refractivity contribution in [2.24, 2.45) is 5.73 Å². The molecule has 1 aromatic carbocycles. The fraction of sp³-hybridized carbons (Fsp3) is 0.462. The van der Waals surface area contributed by atoms with Gasteiger partial charge in [-0.2, -0.15) is 0 Å². The summed E-state index contributed by atoms with van der Waals surface area (Å²) in [6.07, 6.45) is 0. The van der Waals surface area contributed by atoms with E-state index in [4.69, 9.17) is 5.73 Å². The number of non-ortho nitro benzene ring substituents is 1. The van der Waals surface area contributed by atoms with Crippen LogP contribution >= 0.6 is 0 Å². The monoisotopic (exact) mass is 265 g/mol. The first kappa shape index (κ1) is 15.1. The van der Waals surface area contributed by atoms with Crippen molar-refractivity contribution < 1.29 is 9.72 Å². The van der Waals surface area contributed by atoms with Crippen LogP contribution in [-0.4, -0.2) is 27.8 Å². The average molecular weight is 265 g/mol. The molecule has 0 saturated heterocycles. The molecule has 1 rings (SSSR count). The minimum Gasteiger partial charge on any atom is -0.335 e. The molecule has 0 fully saturated rings. The van der Waals surface area contributed by atoms with Crippen LogP contribution in [0.5, 0.6) is 0 Å². The molecule has 0 aromatic heterocycles. The zero-order chi connectivity index (χ0) is 14.6. The summed E-state index contributed by atoms with van der Waals surface area (Å²) in [5.41, 5.74) is 6.35. The first-order chi connectivity index (χ1) is 8.82. The van der Waals surface area contributed by atoms with Crippen molar-refractivity contribution in [3.63, 3.8) is 0 Å². The Morgan fingerprint density at radius 2 is 2.05 bits per heavy atom. The van der Waals surface area contributed by atoms with Crippen LogP contribution in [-0.2, 0) is 11.3 Å². The Labute approximate surface area is 112 Å². The number of nitrogens with two attached hydrogens (primary N) is 1. The molecule has 0 saturated carbocycles. The topological polar surface area (TPSA) is 89.5 Å². The lowest BCUT2D eigenvalue weighted by Crippen LogP contribution is -2.45. The lowest BCUT2D eigenvalue weighted by molar-refractivity contribution is -0.384. The van der Waals surface area contributed by atoms with Gasteiger partial charge >= 0.3 is 0 Å². The zero-order valence-corrected chi connectivity index (χ0v) is 11.4. The zero-order valence-electron chi connectivity index (χ0n) is 11.4. The molecule has 0 aliphatic rings. The third-order valence-electron chi connectivity index (χ3n) is 2.77.